The van der Waals surface area contributed by atoms with Gasteiger partial charge in [-0.05, 0) is 44.1 Å². The second-order valence-electron chi connectivity index (χ2n) is 7.33. The molecule has 2 aliphatic carbocycles. The van der Waals surface area contributed by atoms with Crippen LogP contribution in [0.15, 0.2) is 0 Å². The predicted octanol–water partition coefficient (Wildman–Crippen LogP) is 2.34. The molecule has 1 saturated heterocycles. The summed E-state index contributed by atoms with van der Waals surface area (Å²) in [6.07, 6.45) is 10.5. The number of imide groups is 1. The summed E-state index contributed by atoms with van der Waals surface area (Å²) in [7, 11) is 0. The minimum atomic E-state index is -0.622. The highest BCUT2D eigenvalue weighted by Crippen LogP contribution is 2.39. The molecule has 0 aromatic carbocycles. The number of amides is 3. The van der Waals surface area contributed by atoms with E-state index in [1.807, 2.05) is 6.26 Å². The Morgan fingerprint density at radius 2 is 1.62 bits per heavy atom. The van der Waals surface area contributed by atoms with Crippen LogP contribution in [-0.4, -0.2) is 46.7 Å². The van der Waals surface area contributed by atoms with Gasteiger partial charge in [-0.25, -0.2) is 0 Å². The molecule has 0 aromatic rings. The first kappa shape index (κ1) is 17.8. The van der Waals surface area contributed by atoms with E-state index in [0.717, 1.165) is 57.1 Å². The van der Waals surface area contributed by atoms with Gasteiger partial charge >= 0.3 is 0 Å². The minimum absolute atomic E-state index is 0.0997. The van der Waals surface area contributed by atoms with Gasteiger partial charge in [0.05, 0.1) is 11.8 Å². The van der Waals surface area contributed by atoms with Crippen LogP contribution < -0.4 is 5.32 Å². The molecule has 1 aliphatic heterocycles. The van der Waals surface area contributed by atoms with Crippen LogP contribution in [0.3, 0.4) is 0 Å². The summed E-state index contributed by atoms with van der Waals surface area (Å²) in [5, 5.41) is 3.09. The van der Waals surface area contributed by atoms with Crippen LogP contribution in [0.4, 0.5) is 0 Å². The highest BCUT2D eigenvalue weighted by atomic mass is 32.2. The molecule has 5 nitrogen and oxygen atoms in total. The zero-order valence-electron chi connectivity index (χ0n) is 14.5. The smallest absolute Gasteiger partial charge is 0.243 e. The number of carbonyl (C=O) groups excluding carboxylic acids is 3. The lowest BCUT2D eigenvalue weighted by atomic mass is 9.81. The largest absolute Gasteiger partial charge is 0.352 e. The van der Waals surface area contributed by atoms with Gasteiger partial charge in [-0.15, -0.1) is 0 Å². The molecule has 134 valence electrons. The third-order valence-corrected chi connectivity index (χ3v) is 6.43. The SMILES string of the molecule is CSCCC(C(=O)NC1CCCC1)N1C(=O)C2CCCCC2C1=O. The summed E-state index contributed by atoms with van der Waals surface area (Å²) < 4.78 is 0. The molecule has 3 fully saturated rings. The molecule has 0 radical (unpaired) electrons. The molecule has 3 amide bonds. The lowest BCUT2D eigenvalue weighted by molar-refractivity contribution is -0.148. The van der Waals surface area contributed by atoms with Crippen molar-refractivity contribution in [2.75, 3.05) is 12.0 Å². The third kappa shape index (κ3) is 3.48. The molecule has 0 spiro atoms. The van der Waals surface area contributed by atoms with Crippen molar-refractivity contribution < 1.29 is 14.4 Å². The quantitative estimate of drug-likeness (QED) is 0.745. The van der Waals surface area contributed by atoms with E-state index < -0.39 is 6.04 Å². The molecule has 3 atom stereocenters. The van der Waals surface area contributed by atoms with E-state index in [0.29, 0.717) is 6.42 Å². The lowest BCUT2D eigenvalue weighted by Crippen LogP contribution is -2.52. The molecular weight excluding hydrogens is 324 g/mol. The molecule has 1 N–H and O–H groups in total. The summed E-state index contributed by atoms with van der Waals surface area (Å²) in [4.78, 5) is 39.8. The summed E-state index contributed by atoms with van der Waals surface area (Å²) in [6.45, 7) is 0. The number of carbonyl (C=O) groups is 3. The molecule has 3 rings (SSSR count). The average molecular weight is 353 g/mol. The monoisotopic (exact) mass is 352 g/mol. The van der Waals surface area contributed by atoms with Crippen molar-refractivity contribution in [1.29, 1.82) is 0 Å². The van der Waals surface area contributed by atoms with Crippen molar-refractivity contribution >= 4 is 29.5 Å². The maximum Gasteiger partial charge on any atom is 0.243 e. The second-order valence-corrected chi connectivity index (χ2v) is 8.32. The van der Waals surface area contributed by atoms with E-state index in [-0.39, 0.29) is 35.6 Å². The summed E-state index contributed by atoms with van der Waals surface area (Å²) >= 11 is 1.65. The zero-order chi connectivity index (χ0) is 17.1. The Balaban J connectivity index is 1.75. The summed E-state index contributed by atoms with van der Waals surface area (Å²) in [5.74, 6) is 0.0884. The van der Waals surface area contributed by atoms with Crippen LogP contribution in [-0.2, 0) is 14.4 Å². The van der Waals surface area contributed by atoms with Crippen LogP contribution >= 0.6 is 11.8 Å². The van der Waals surface area contributed by atoms with Gasteiger partial charge in [0, 0.05) is 6.04 Å². The van der Waals surface area contributed by atoms with Crippen molar-refractivity contribution in [3.63, 3.8) is 0 Å². The number of hydrogen-bond acceptors (Lipinski definition) is 4. The highest BCUT2D eigenvalue weighted by Gasteiger charge is 2.51. The fourth-order valence-electron chi connectivity index (χ4n) is 4.47. The number of hydrogen-bond donors (Lipinski definition) is 1. The van der Waals surface area contributed by atoms with Gasteiger partial charge in [-0.3, -0.25) is 19.3 Å². The molecule has 0 bridgehead atoms. The zero-order valence-corrected chi connectivity index (χ0v) is 15.3. The predicted molar refractivity (Wildman–Crippen MR) is 94.5 cm³/mol. The van der Waals surface area contributed by atoms with Crippen LogP contribution in [0.5, 0.6) is 0 Å². The van der Waals surface area contributed by atoms with E-state index >= 15 is 0 Å². The van der Waals surface area contributed by atoms with Crippen LogP contribution in [0.2, 0.25) is 0 Å². The van der Waals surface area contributed by atoms with Crippen molar-refractivity contribution in [2.24, 2.45) is 11.8 Å². The van der Waals surface area contributed by atoms with Crippen molar-refractivity contribution in [3.05, 3.63) is 0 Å². The minimum Gasteiger partial charge on any atom is -0.352 e. The first-order valence-corrected chi connectivity index (χ1v) is 10.7. The number of nitrogens with zero attached hydrogens (tertiary/aromatic N) is 1. The van der Waals surface area contributed by atoms with Crippen molar-refractivity contribution in [1.82, 2.24) is 10.2 Å². The van der Waals surface area contributed by atoms with Crippen molar-refractivity contribution in [3.8, 4) is 0 Å². The Labute approximate surface area is 148 Å². The van der Waals surface area contributed by atoms with Gasteiger partial charge in [0.2, 0.25) is 17.7 Å². The molecule has 6 heteroatoms. The average Bonchev–Trinajstić information content (AvgIpc) is 3.18. The Morgan fingerprint density at radius 3 is 2.17 bits per heavy atom. The Morgan fingerprint density at radius 1 is 1.08 bits per heavy atom. The van der Waals surface area contributed by atoms with Gasteiger partial charge in [0.15, 0.2) is 0 Å². The molecule has 2 saturated carbocycles. The van der Waals surface area contributed by atoms with E-state index in [9.17, 15) is 14.4 Å². The van der Waals surface area contributed by atoms with Crippen LogP contribution in [0.1, 0.15) is 57.8 Å². The fraction of sp³-hybridized carbons (Fsp3) is 0.833. The Bertz CT molecular complexity index is 480. The van der Waals surface area contributed by atoms with Gasteiger partial charge < -0.3 is 5.32 Å². The van der Waals surface area contributed by atoms with Crippen LogP contribution in [0.25, 0.3) is 0 Å². The molecule has 24 heavy (non-hydrogen) atoms. The van der Waals surface area contributed by atoms with E-state index in [4.69, 9.17) is 0 Å². The fourth-order valence-corrected chi connectivity index (χ4v) is 4.93. The number of rotatable bonds is 6. The normalized spacial score (nSPS) is 29.0. The number of thioether (sulfide) groups is 1. The van der Waals surface area contributed by atoms with E-state index in [2.05, 4.69) is 5.32 Å². The van der Waals surface area contributed by atoms with E-state index in [1.165, 1.54) is 4.90 Å². The van der Waals surface area contributed by atoms with Gasteiger partial charge in [0.1, 0.15) is 6.04 Å². The third-order valence-electron chi connectivity index (χ3n) is 5.79. The topological polar surface area (TPSA) is 66.5 Å². The van der Waals surface area contributed by atoms with Gasteiger partial charge in [0.25, 0.3) is 0 Å². The van der Waals surface area contributed by atoms with Crippen LogP contribution in [0, 0.1) is 11.8 Å². The van der Waals surface area contributed by atoms with Gasteiger partial charge in [-0.1, -0.05) is 25.7 Å². The summed E-state index contributed by atoms with van der Waals surface area (Å²) in [5.41, 5.74) is 0. The first-order chi connectivity index (χ1) is 11.6. The maximum absolute atomic E-state index is 12.8. The number of nitrogens with one attached hydrogen (secondary N) is 1. The van der Waals surface area contributed by atoms with E-state index in [1.54, 1.807) is 11.8 Å². The lowest BCUT2D eigenvalue weighted by Gasteiger charge is -2.27. The first-order valence-electron chi connectivity index (χ1n) is 9.29. The molecule has 1 heterocycles. The van der Waals surface area contributed by atoms with Gasteiger partial charge in [-0.2, -0.15) is 11.8 Å². The van der Waals surface area contributed by atoms with Crippen molar-refractivity contribution in [2.45, 2.75) is 69.9 Å². The second kappa shape index (κ2) is 7.89. The highest BCUT2D eigenvalue weighted by molar-refractivity contribution is 7.98. The Kier molecular flexibility index (Phi) is 5.85. The Hall–Kier alpha value is -1.04. The molecule has 3 unspecified atom stereocenters. The summed E-state index contributed by atoms with van der Waals surface area (Å²) in [6, 6.07) is -0.409. The maximum atomic E-state index is 12.8. The number of fused-ring (bicyclic) bond motifs is 1. The molecular formula is C18H28N2O3S. The molecule has 3 aliphatic rings. The molecule has 0 aromatic heterocycles. The standard InChI is InChI=1S/C18H28N2O3S/c1-24-11-10-15(16(21)19-12-6-2-3-7-12)20-17(22)13-8-4-5-9-14(13)18(20)23/h12-15H,2-11H2,1H3,(H,19,21). The number of likely N-dealkylation sites (tertiary alicyclic amines) is 1.